The van der Waals surface area contributed by atoms with Gasteiger partial charge in [-0.2, -0.15) is 0 Å². The molecule has 0 saturated carbocycles. The summed E-state index contributed by atoms with van der Waals surface area (Å²) in [5, 5.41) is 6.01. The SMILES string of the molecule is Cc1c(N)cccc1NCCNC(=O)N(C)C. The number of carbonyl (C=O) groups excluding carboxylic acids is 1. The van der Waals surface area contributed by atoms with E-state index >= 15 is 0 Å². The molecule has 0 atom stereocenters. The van der Waals surface area contributed by atoms with Gasteiger partial charge in [0.1, 0.15) is 0 Å². The number of anilines is 2. The molecule has 17 heavy (non-hydrogen) atoms. The van der Waals surface area contributed by atoms with Gasteiger partial charge >= 0.3 is 6.03 Å². The van der Waals surface area contributed by atoms with Crippen molar-refractivity contribution in [2.75, 3.05) is 38.2 Å². The molecule has 94 valence electrons. The highest BCUT2D eigenvalue weighted by atomic mass is 16.2. The van der Waals surface area contributed by atoms with Gasteiger partial charge in [0, 0.05) is 38.6 Å². The molecule has 1 aromatic carbocycles. The standard InChI is InChI=1S/C12H20N4O/c1-9-10(13)5-4-6-11(9)14-7-8-15-12(17)16(2)3/h4-6,14H,7-8,13H2,1-3H3,(H,15,17). The Labute approximate surface area is 102 Å². The monoisotopic (exact) mass is 236 g/mol. The van der Waals surface area contributed by atoms with Crippen LogP contribution in [0.1, 0.15) is 5.56 Å². The van der Waals surface area contributed by atoms with Crippen molar-refractivity contribution in [2.24, 2.45) is 0 Å². The zero-order valence-electron chi connectivity index (χ0n) is 10.6. The number of nitrogens with one attached hydrogen (secondary N) is 2. The van der Waals surface area contributed by atoms with E-state index in [2.05, 4.69) is 10.6 Å². The maximum Gasteiger partial charge on any atom is 0.316 e. The quantitative estimate of drug-likeness (QED) is 0.544. The molecule has 0 saturated heterocycles. The summed E-state index contributed by atoms with van der Waals surface area (Å²) in [4.78, 5) is 12.7. The lowest BCUT2D eigenvalue weighted by atomic mass is 10.1. The third kappa shape index (κ3) is 3.86. The van der Waals surface area contributed by atoms with Crippen LogP contribution in [-0.2, 0) is 0 Å². The van der Waals surface area contributed by atoms with Crippen LogP contribution in [0.2, 0.25) is 0 Å². The number of carbonyl (C=O) groups is 1. The molecule has 4 N–H and O–H groups in total. The molecule has 5 heteroatoms. The number of hydrogen-bond donors (Lipinski definition) is 3. The minimum atomic E-state index is -0.0869. The van der Waals surface area contributed by atoms with Crippen LogP contribution in [0, 0.1) is 6.92 Å². The Balaban J connectivity index is 2.36. The first kappa shape index (κ1) is 13.2. The second-order valence-corrected chi connectivity index (χ2v) is 4.07. The Kier molecular flexibility index (Phi) is 4.63. The number of nitrogens with two attached hydrogens (primary N) is 1. The lowest BCUT2D eigenvalue weighted by Crippen LogP contribution is -2.37. The molecule has 5 nitrogen and oxygen atoms in total. The van der Waals surface area contributed by atoms with Gasteiger partial charge in [0.25, 0.3) is 0 Å². The number of amides is 2. The molecule has 0 heterocycles. The fraction of sp³-hybridized carbons (Fsp3) is 0.417. The maximum atomic E-state index is 11.2. The first-order valence-corrected chi connectivity index (χ1v) is 5.56. The van der Waals surface area contributed by atoms with Crippen LogP contribution in [0.3, 0.4) is 0 Å². The highest BCUT2D eigenvalue weighted by molar-refractivity contribution is 5.73. The molecule has 0 spiro atoms. The van der Waals surface area contributed by atoms with Gasteiger partial charge in [-0.05, 0) is 24.6 Å². The molecule has 0 aliphatic rings. The van der Waals surface area contributed by atoms with Gasteiger partial charge in [0.15, 0.2) is 0 Å². The second kappa shape index (κ2) is 5.98. The Bertz CT molecular complexity index is 390. The van der Waals surface area contributed by atoms with Gasteiger partial charge < -0.3 is 21.3 Å². The van der Waals surface area contributed by atoms with E-state index < -0.39 is 0 Å². The number of nitrogen functional groups attached to an aromatic ring is 1. The molecule has 0 fully saturated rings. The van der Waals surface area contributed by atoms with Crippen molar-refractivity contribution in [3.63, 3.8) is 0 Å². The van der Waals surface area contributed by atoms with Crippen LogP contribution in [0.25, 0.3) is 0 Å². The average Bonchev–Trinajstić information content (AvgIpc) is 2.29. The highest BCUT2D eigenvalue weighted by Crippen LogP contribution is 2.19. The molecule has 0 aromatic heterocycles. The number of nitrogens with zero attached hydrogens (tertiary/aromatic N) is 1. The van der Waals surface area contributed by atoms with Crippen molar-refractivity contribution in [3.05, 3.63) is 23.8 Å². The summed E-state index contributed by atoms with van der Waals surface area (Å²) in [6.45, 7) is 3.21. The minimum absolute atomic E-state index is 0.0869. The van der Waals surface area contributed by atoms with Gasteiger partial charge in [0.05, 0.1) is 0 Å². The Hall–Kier alpha value is -1.91. The number of benzene rings is 1. The molecule has 0 unspecified atom stereocenters. The Morgan fingerprint density at radius 3 is 2.71 bits per heavy atom. The third-order valence-electron chi connectivity index (χ3n) is 2.50. The maximum absolute atomic E-state index is 11.2. The van der Waals surface area contributed by atoms with E-state index in [-0.39, 0.29) is 6.03 Å². The van der Waals surface area contributed by atoms with Gasteiger partial charge in [-0.1, -0.05) is 6.07 Å². The summed E-state index contributed by atoms with van der Waals surface area (Å²) in [5.41, 5.74) is 8.60. The summed E-state index contributed by atoms with van der Waals surface area (Å²) in [5.74, 6) is 0. The zero-order valence-corrected chi connectivity index (χ0v) is 10.6. The molecule has 0 bridgehead atoms. The van der Waals surface area contributed by atoms with Gasteiger partial charge in [-0.15, -0.1) is 0 Å². The van der Waals surface area contributed by atoms with Crippen molar-refractivity contribution in [1.82, 2.24) is 10.2 Å². The summed E-state index contributed by atoms with van der Waals surface area (Å²) in [6.07, 6.45) is 0. The zero-order chi connectivity index (χ0) is 12.8. The number of hydrogen-bond acceptors (Lipinski definition) is 3. The fourth-order valence-electron chi connectivity index (χ4n) is 1.37. The molecule has 0 radical (unpaired) electrons. The van der Waals surface area contributed by atoms with Crippen molar-refractivity contribution in [2.45, 2.75) is 6.92 Å². The fourth-order valence-corrected chi connectivity index (χ4v) is 1.37. The van der Waals surface area contributed by atoms with Crippen molar-refractivity contribution >= 4 is 17.4 Å². The van der Waals surface area contributed by atoms with Crippen LogP contribution in [0.4, 0.5) is 16.2 Å². The van der Waals surface area contributed by atoms with E-state index in [1.54, 1.807) is 14.1 Å². The summed E-state index contributed by atoms with van der Waals surface area (Å²) in [6, 6.07) is 5.66. The topological polar surface area (TPSA) is 70.4 Å². The normalized spacial score (nSPS) is 9.82. The predicted molar refractivity (Wildman–Crippen MR) is 71.2 cm³/mol. The van der Waals surface area contributed by atoms with E-state index in [9.17, 15) is 4.79 Å². The molecular weight excluding hydrogens is 216 g/mol. The Morgan fingerprint density at radius 2 is 2.06 bits per heavy atom. The van der Waals surface area contributed by atoms with Crippen LogP contribution in [-0.4, -0.2) is 38.1 Å². The first-order valence-electron chi connectivity index (χ1n) is 5.56. The van der Waals surface area contributed by atoms with Crippen LogP contribution in [0.15, 0.2) is 18.2 Å². The molecule has 1 rings (SSSR count). The number of rotatable bonds is 4. The molecule has 1 aromatic rings. The smallest absolute Gasteiger partial charge is 0.316 e. The molecule has 2 amide bonds. The van der Waals surface area contributed by atoms with Crippen LogP contribution in [0.5, 0.6) is 0 Å². The van der Waals surface area contributed by atoms with Crippen molar-refractivity contribution in [1.29, 1.82) is 0 Å². The van der Waals surface area contributed by atoms with Gasteiger partial charge in [-0.3, -0.25) is 0 Å². The Morgan fingerprint density at radius 1 is 1.35 bits per heavy atom. The van der Waals surface area contributed by atoms with E-state index in [0.29, 0.717) is 13.1 Å². The average molecular weight is 236 g/mol. The lowest BCUT2D eigenvalue weighted by Gasteiger charge is -2.14. The van der Waals surface area contributed by atoms with Gasteiger partial charge in [0.2, 0.25) is 0 Å². The van der Waals surface area contributed by atoms with E-state index in [0.717, 1.165) is 16.9 Å². The van der Waals surface area contributed by atoms with E-state index in [4.69, 9.17) is 5.73 Å². The molecule has 0 aliphatic heterocycles. The van der Waals surface area contributed by atoms with E-state index in [1.165, 1.54) is 4.90 Å². The lowest BCUT2D eigenvalue weighted by molar-refractivity contribution is 0.218. The molecular formula is C12H20N4O. The second-order valence-electron chi connectivity index (χ2n) is 4.07. The highest BCUT2D eigenvalue weighted by Gasteiger charge is 2.02. The third-order valence-corrected chi connectivity index (χ3v) is 2.50. The number of urea groups is 1. The largest absolute Gasteiger partial charge is 0.398 e. The van der Waals surface area contributed by atoms with Crippen LogP contribution < -0.4 is 16.4 Å². The van der Waals surface area contributed by atoms with Crippen molar-refractivity contribution < 1.29 is 4.79 Å². The van der Waals surface area contributed by atoms with E-state index in [1.807, 2.05) is 25.1 Å². The summed E-state index contributed by atoms with van der Waals surface area (Å²) in [7, 11) is 3.43. The van der Waals surface area contributed by atoms with Gasteiger partial charge in [-0.25, -0.2) is 4.79 Å². The minimum Gasteiger partial charge on any atom is -0.398 e. The van der Waals surface area contributed by atoms with Crippen molar-refractivity contribution in [3.8, 4) is 0 Å². The molecule has 0 aliphatic carbocycles. The summed E-state index contributed by atoms with van der Waals surface area (Å²) >= 11 is 0. The van der Waals surface area contributed by atoms with Crippen LogP contribution >= 0.6 is 0 Å². The first-order chi connectivity index (χ1) is 8.02. The predicted octanol–water partition coefficient (Wildman–Crippen LogP) is 1.26. The summed E-state index contributed by atoms with van der Waals surface area (Å²) < 4.78 is 0.